The van der Waals surface area contributed by atoms with Crippen LogP contribution in [0.3, 0.4) is 0 Å². The second-order valence-electron chi connectivity index (χ2n) is 2.87. The van der Waals surface area contributed by atoms with Crippen molar-refractivity contribution in [2.75, 3.05) is 11.9 Å². The van der Waals surface area contributed by atoms with Gasteiger partial charge in [-0.15, -0.1) is 0 Å². The van der Waals surface area contributed by atoms with Crippen LogP contribution in [-0.4, -0.2) is 12.6 Å². The van der Waals surface area contributed by atoms with Gasteiger partial charge in [-0.25, -0.2) is 0 Å². The molecular formula is C9H13ClN2. The van der Waals surface area contributed by atoms with Gasteiger partial charge in [-0.05, 0) is 31.2 Å². The molecule has 3 N–H and O–H groups in total. The SMILES string of the molecule is CC(N)CNc1ccc(Cl)cc1. The number of nitrogens with two attached hydrogens (primary N) is 1. The van der Waals surface area contributed by atoms with E-state index in [0.29, 0.717) is 0 Å². The van der Waals surface area contributed by atoms with Gasteiger partial charge in [-0.2, -0.15) is 0 Å². The summed E-state index contributed by atoms with van der Waals surface area (Å²) in [4.78, 5) is 0. The molecule has 12 heavy (non-hydrogen) atoms. The zero-order valence-corrected chi connectivity index (χ0v) is 7.81. The molecule has 0 radical (unpaired) electrons. The molecule has 0 bridgehead atoms. The van der Waals surface area contributed by atoms with Gasteiger partial charge in [0, 0.05) is 23.3 Å². The molecule has 0 saturated carbocycles. The van der Waals surface area contributed by atoms with Crippen LogP contribution in [0.15, 0.2) is 24.3 Å². The van der Waals surface area contributed by atoms with Crippen LogP contribution in [0.2, 0.25) is 5.02 Å². The van der Waals surface area contributed by atoms with Gasteiger partial charge in [0.15, 0.2) is 0 Å². The van der Waals surface area contributed by atoms with E-state index in [9.17, 15) is 0 Å². The third-order valence-corrected chi connectivity index (χ3v) is 1.72. The van der Waals surface area contributed by atoms with E-state index >= 15 is 0 Å². The molecule has 1 atom stereocenters. The Labute approximate surface area is 77.7 Å². The van der Waals surface area contributed by atoms with Crippen LogP contribution in [-0.2, 0) is 0 Å². The fourth-order valence-corrected chi connectivity index (χ4v) is 0.973. The van der Waals surface area contributed by atoms with Gasteiger partial charge >= 0.3 is 0 Å². The lowest BCUT2D eigenvalue weighted by atomic mass is 10.3. The standard InChI is InChI=1S/C9H13ClN2/c1-7(11)6-12-9-4-2-8(10)3-5-9/h2-5,7,12H,6,11H2,1H3. The number of hydrogen-bond donors (Lipinski definition) is 2. The Hall–Kier alpha value is -0.730. The Morgan fingerprint density at radius 3 is 2.50 bits per heavy atom. The van der Waals surface area contributed by atoms with Crippen LogP contribution < -0.4 is 11.1 Å². The molecule has 0 aliphatic heterocycles. The number of benzene rings is 1. The van der Waals surface area contributed by atoms with E-state index < -0.39 is 0 Å². The molecule has 1 aromatic carbocycles. The Morgan fingerprint density at radius 2 is 2.00 bits per heavy atom. The first-order valence-electron chi connectivity index (χ1n) is 3.93. The van der Waals surface area contributed by atoms with Crippen molar-refractivity contribution in [1.29, 1.82) is 0 Å². The molecule has 1 aromatic rings. The summed E-state index contributed by atoms with van der Waals surface area (Å²) in [6, 6.07) is 7.74. The first-order valence-corrected chi connectivity index (χ1v) is 4.31. The number of rotatable bonds is 3. The minimum absolute atomic E-state index is 0.167. The molecule has 0 fully saturated rings. The van der Waals surface area contributed by atoms with Crippen molar-refractivity contribution in [3.05, 3.63) is 29.3 Å². The second-order valence-corrected chi connectivity index (χ2v) is 3.30. The number of hydrogen-bond acceptors (Lipinski definition) is 2. The zero-order chi connectivity index (χ0) is 8.97. The fourth-order valence-electron chi connectivity index (χ4n) is 0.847. The van der Waals surface area contributed by atoms with E-state index in [1.54, 1.807) is 0 Å². The van der Waals surface area contributed by atoms with Crippen molar-refractivity contribution in [2.24, 2.45) is 5.73 Å². The third-order valence-electron chi connectivity index (χ3n) is 1.47. The minimum Gasteiger partial charge on any atom is -0.383 e. The first-order chi connectivity index (χ1) is 5.68. The molecule has 66 valence electrons. The summed E-state index contributed by atoms with van der Waals surface area (Å²) in [5.74, 6) is 0. The predicted molar refractivity (Wildman–Crippen MR) is 53.6 cm³/mol. The maximum absolute atomic E-state index is 5.72. The number of nitrogens with one attached hydrogen (secondary N) is 1. The van der Waals surface area contributed by atoms with Crippen LogP contribution in [0, 0.1) is 0 Å². The molecule has 0 heterocycles. The van der Waals surface area contributed by atoms with Crippen molar-refractivity contribution in [3.63, 3.8) is 0 Å². The van der Waals surface area contributed by atoms with Crippen LogP contribution in [0.25, 0.3) is 0 Å². The molecule has 1 unspecified atom stereocenters. The molecule has 0 spiro atoms. The van der Waals surface area contributed by atoms with Gasteiger partial charge in [0.05, 0.1) is 0 Å². The summed E-state index contributed by atoms with van der Waals surface area (Å²) in [6.45, 7) is 2.74. The maximum atomic E-state index is 5.72. The summed E-state index contributed by atoms with van der Waals surface area (Å²) in [7, 11) is 0. The maximum Gasteiger partial charge on any atom is 0.0407 e. The van der Waals surface area contributed by atoms with E-state index in [2.05, 4.69) is 5.32 Å². The largest absolute Gasteiger partial charge is 0.383 e. The topological polar surface area (TPSA) is 38.0 Å². The van der Waals surface area contributed by atoms with Crippen molar-refractivity contribution in [3.8, 4) is 0 Å². The lowest BCUT2D eigenvalue weighted by molar-refractivity contribution is 0.780. The average Bonchev–Trinajstić information content (AvgIpc) is 2.03. The Kier molecular flexibility index (Phi) is 3.38. The molecule has 0 saturated heterocycles. The smallest absolute Gasteiger partial charge is 0.0407 e. The van der Waals surface area contributed by atoms with Gasteiger partial charge < -0.3 is 11.1 Å². The summed E-state index contributed by atoms with van der Waals surface area (Å²) in [5.41, 5.74) is 6.63. The van der Waals surface area contributed by atoms with Gasteiger partial charge in [-0.1, -0.05) is 11.6 Å². The molecule has 3 heteroatoms. The van der Waals surface area contributed by atoms with E-state index in [1.807, 2.05) is 31.2 Å². The van der Waals surface area contributed by atoms with Crippen molar-refractivity contribution in [1.82, 2.24) is 0 Å². The minimum atomic E-state index is 0.167. The quantitative estimate of drug-likeness (QED) is 0.755. The van der Waals surface area contributed by atoms with Gasteiger partial charge in [0.1, 0.15) is 0 Å². The van der Waals surface area contributed by atoms with Crippen LogP contribution in [0.4, 0.5) is 5.69 Å². The van der Waals surface area contributed by atoms with E-state index in [0.717, 1.165) is 17.3 Å². The molecular weight excluding hydrogens is 172 g/mol. The summed E-state index contributed by atoms with van der Waals surface area (Å²) >= 11 is 5.72. The highest BCUT2D eigenvalue weighted by atomic mass is 35.5. The van der Waals surface area contributed by atoms with Crippen LogP contribution >= 0.6 is 11.6 Å². The van der Waals surface area contributed by atoms with Crippen LogP contribution in [0.5, 0.6) is 0 Å². The Morgan fingerprint density at radius 1 is 1.42 bits per heavy atom. The lowest BCUT2D eigenvalue weighted by Crippen LogP contribution is -2.25. The van der Waals surface area contributed by atoms with Crippen LogP contribution in [0.1, 0.15) is 6.92 Å². The molecule has 0 amide bonds. The number of anilines is 1. The number of halogens is 1. The highest BCUT2D eigenvalue weighted by Crippen LogP contribution is 2.12. The third kappa shape index (κ3) is 3.11. The first kappa shape index (κ1) is 9.36. The molecule has 0 aliphatic carbocycles. The van der Waals surface area contributed by atoms with Crippen molar-refractivity contribution in [2.45, 2.75) is 13.0 Å². The predicted octanol–water partition coefficient (Wildman–Crippen LogP) is 2.10. The van der Waals surface area contributed by atoms with E-state index in [1.165, 1.54) is 0 Å². The van der Waals surface area contributed by atoms with E-state index in [4.69, 9.17) is 17.3 Å². The molecule has 1 rings (SSSR count). The average molecular weight is 185 g/mol. The fraction of sp³-hybridized carbons (Fsp3) is 0.333. The van der Waals surface area contributed by atoms with Crippen molar-refractivity contribution >= 4 is 17.3 Å². The highest BCUT2D eigenvalue weighted by Gasteiger charge is 1.94. The monoisotopic (exact) mass is 184 g/mol. The van der Waals surface area contributed by atoms with Gasteiger partial charge in [-0.3, -0.25) is 0 Å². The molecule has 0 aliphatic rings. The summed E-state index contributed by atoms with van der Waals surface area (Å²) in [6.07, 6.45) is 0. The van der Waals surface area contributed by atoms with Gasteiger partial charge in [0.2, 0.25) is 0 Å². The summed E-state index contributed by atoms with van der Waals surface area (Å²) < 4.78 is 0. The Bertz CT molecular complexity index is 231. The lowest BCUT2D eigenvalue weighted by Gasteiger charge is -2.08. The summed E-state index contributed by atoms with van der Waals surface area (Å²) in [5, 5.41) is 3.94. The molecule has 0 aromatic heterocycles. The normalized spacial score (nSPS) is 12.6. The molecule has 2 nitrogen and oxygen atoms in total. The second kappa shape index (κ2) is 4.33. The Balaban J connectivity index is 2.48. The zero-order valence-electron chi connectivity index (χ0n) is 7.05. The van der Waals surface area contributed by atoms with E-state index in [-0.39, 0.29) is 6.04 Å². The highest BCUT2D eigenvalue weighted by molar-refractivity contribution is 6.30. The van der Waals surface area contributed by atoms with Gasteiger partial charge in [0.25, 0.3) is 0 Å². The van der Waals surface area contributed by atoms with Crippen molar-refractivity contribution < 1.29 is 0 Å².